The molecular weight excluding hydrogens is 308 g/mol. The van der Waals surface area contributed by atoms with E-state index in [1.54, 1.807) is 43.1 Å². The van der Waals surface area contributed by atoms with Gasteiger partial charge in [-0.25, -0.2) is 25.0 Å². The predicted octanol–water partition coefficient (Wildman–Crippen LogP) is 1.65. The number of nitrogens with zero attached hydrogens (tertiary/aromatic N) is 5. The third-order valence-electron chi connectivity index (χ3n) is 2.26. The summed E-state index contributed by atoms with van der Waals surface area (Å²) >= 11 is 2.44. The van der Waals surface area contributed by atoms with Crippen molar-refractivity contribution in [2.45, 2.75) is 20.1 Å². The number of H-pyrrole nitrogens is 1. The molecule has 0 atom stereocenters. The standard InChI is InChI=1S/C12H8N6OS2/c19-10-9(21-12-15-5-2-6-16-12)8(7-17-18-10)20-11-13-3-1-4-14-11/h1-7H,(H,18,19). The van der Waals surface area contributed by atoms with Crippen LogP contribution < -0.4 is 5.56 Å². The van der Waals surface area contributed by atoms with Crippen molar-refractivity contribution in [1.29, 1.82) is 0 Å². The Morgan fingerprint density at radius 1 is 0.857 bits per heavy atom. The number of aromatic amines is 1. The Labute approximate surface area is 127 Å². The molecule has 3 aromatic heterocycles. The minimum absolute atomic E-state index is 0.298. The Hall–Kier alpha value is -2.26. The molecule has 0 aliphatic carbocycles. The molecule has 0 bridgehead atoms. The number of hydrogen-bond acceptors (Lipinski definition) is 8. The molecule has 0 aliphatic rings. The zero-order valence-electron chi connectivity index (χ0n) is 10.5. The molecule has 21 heavy (non-hydrogen) atoms. The van der Waals surface area contributed by atoms with Crippen LogP contribution >= 0.6 is 23.5 Å². The first-order valence-electron chi connectivity index (χ1n) is 5.80. The quantitative estimate of drug-likeness (QED) is 0.726. The summed E-state index contributed by atoms with van der Waals surface area (Å²) in [6, 6.07) is 3.45. The van der Waals surface area contributed by atoms with Gasteiger partial charge in [-0.15, -0.1) is 0 Å². The van der Waals surface area contributed by atoms with Crippen LogP contribution in [0, 0.1) is 0 Å². The number of aromatic nitrogens is 6. The van der Waals surface area contributed by atoms with Crippen molar-refractivity contribution >= 4 is 23.5 Å². The fourth-order valence-electron chi connectivity index (χ4n) is 1.41. The van der Waals surface area contributed by atoms with Crippen LogP contribution in [0.4, 0.5) is 0 Å². The lowest BCUT2D eigenvalue weighted by Crippen LogP contribution is -2.11. The third kappa shape index (κ3) is 3.44. The Kier molecular flexibility index (Phi) is 4.22. The molecule has 9 heteroatoms. The van der Waals surface area contributed by atoms with Crippen LogP contribution in [0.2, 0.25) is 0 Å². The van der Waals surface area contributed by atoms with E-state index in [2.05, 4.69) is 30.1 Å². The van der Waals surface area contributed by atoms with E-state index in [1.165, 1.54) is 23.5 Å². The van der Waals surface area contributed by atoms with Crippen molar-refractivity contribution in [3.05, 3.63) is 53.5 Å². The van der Waals surface area contributed by atoms with Gasteiger partial charge in [-0.05, 0) is 35.7 Å². The Morgan fingerprint density at radius 3 is 2.05 bits per heavy atom. The first-order chi connectivity index (χ1) is 10.3. The first-order valence-corrected chi connectivity index (χ1v) is 7.43. The van der Waals surface area contributed by atoms with Gasteiger partial charge in [0.05, 0.1) is 16.0 Å². The highest BCUT2D eigenvalue weighted by Gasteiger charge is 2.13. The summed E-state index contributed by atoms with van der Waals surface area (Å²) in [6.07, 6.45) is 8.09. The summed E-state index contributed by atoms with van der Waals surface area (Å²) < 4.78 is 0. The Bertz CT molecular complexity index is 781. The van der Waals surface area contributed by atoms with Gasteiger partial charge in [0.25, 0.3) is 5.56 Å². The summed E-state index contributed by atoms with van der Waals surface area (Å²) in [5, 5.41) is 7.26. The smallest absolute Gasteiger partial charge is 0.267 e. The molecule has 3 heterocycles. The first kappa shape index (κ1) is 13.7. The number of nitrogens with one attached hydrogen (secondary N) is 1. The molecule has 0 unspecified atom stereocenters. The predicted molar refractivity (Wildman–Crippen MR) is 77.2 cm³/mol. The van der Waals surface area contributed by atoms with E-state index < -0.39 is 0 Å². The molecule has 0 spiro atoms. The topological polar surface area (TPSA) is 97.3 Å². The third-order valence-corrected chi connectivity index (χ3v) is 4.31. The maximum atomic E-state index is 12.0. The van der Waals surface area contributed by atoms with Crippen molar-refractivity contribution in [2.75, 3.05) is 0 Å². The van der Waals surface area contributed by atoms with Gasteiger partial charge in [-0.3, -0.25) is 4.79 Å². The van der Waals surface area contributed by atoms with Gasteiger partial charge in [0.1, 0.15) is 0 Å². The van der Waals surface area contributed by atoms with Crippen molar-refractivity contribution in [3.8, 4) is 0 Å². The van der Waals surface area contributed by atoms with Gasteiger partial charge < -0.3 is 0 Å². The fourth-order valence-corrected chi connectivity index (χ4v) is 3.07. The van der Waals surface area contributed by atoms with E-state index in [9.17, 15) is 4.79 Å². The van der Waals surface area contributed by atoms with Gasteiger partial charge in [0.15, 0.2) is 10.3 Å². The highest BCUT2D eigenvalue weighted by atomic mass is 32.2. The van der Waals surface area contributed by atoms with Crippen molar-refractivity contribution in [3.63, 3.8) is 0 Å². The molecule has 0 saturated heterocycles. The lowest BCUT2D eigenvalue weighted by atomic mass is 10.6. The van der Waals surface area contributed by atoms with Crippen LogP contribution in [-0.4, -0.2) is 30.1 Å². The van der Waals surface area contributed by atoms with E-state index in [4.69, 9.17) is 0 Å². The monoisotopic (exact) mass is 316 g/mol. The molecule has 3 aromatic rings. The molecule has 1 N–H and O–H groups in total. The summed E-state index contributed by atoms with van der Waals surface area (Å²) in [4.78, 5) is 29.6. The highest BCUT2D eigenvalue weighted by molar-refractivity contribution is 8.02. The molecular formula is C12H8N6OS2. The molecule has 0 aliphatic heterocycles. The second-order valence-electron chi connectivity index (χ2n) is 3.66. The van der Waals surface area contributed by atoms with E-state index in [1.807, 2.05) is 0 Å². The summed E-state index contributed by atoms with van der Waals surface area (Å²) in [7, 11) is 0. The van der Waals surface area contributed by atoms with Gasteiger partial charge in [0, 0.05) is 24.8 Å². The normalized spacial score (nSPS) is 10.5. The maximum absolute atomic E-state index is 12.0. The number of hydrogen-bond donors (Lipinski definition) is 1. The lowest BCUT2D eigenvalue weighted by molar-refractivity contribution is 0.883. The summed E-state index contributed by atoms with van der Waals surface area (Å²) in [5.74, 6) is 0. The van der Waals surface area contributed by atoms with Crippen molar-refractivity contribution < 1.29 is 0 Å². The Balaban J connectivity index is 1.94. The molecule has 0 amide bonds. The van der Waals surface area contributed by atoms with E-state index in [-0.39, 0.29) is 5.56 Å². The van der Waals surface area contributed by atoms with Crippen LogP contribution in [0.5, 0.6) is 0 Å². The average Bonchev–Trinajstić information content (AvgIpc) is 2.53. The second kappa shape index (κ2) is 6.46. The zero-order valence-corrected chi connectivity index (χ0v) is 12.1. The highest BCUT2D eigenvalue weighted by Crippen LogP contribution is 2.32. The molecule has 0 radical (unpaired) electrons. The SMILES string of the molecule is O=c1[nH]ncc(Sc2ncccn2)c1Sc1ncccn1. The molecule has 0 fully saturated rings. The van der Waals surface area contributed by atoms with Crippen molar-refractivity contribution in [1.82, 2.24) is 30.1 Å². The molecule has 104 valence electrons. The zero-order chi connectivity index (χ0) is 14.5. The van der Waals surface area contributed by atoms with E-state index in [0.29, 0.717) is 20.1 Å². The van der Waals surface area contributed by atoms with Gasteiger partial charge in [0.2, 0.25) is 0 Å². The van der Waals surface area contributed by atoms with Gasteiger partial charge in [-0.2, -0.15) is 5.10 Å². The molecule has 0 aromatic carbocycles. The van der Waals surface area contributed by atoms with Gasteiger partial charge in [-0.1, -0.05) is 0 Å². The van der Waals surface area contributed by atoms with Crippen LogP contribution in [0.1, 0.15) is 0 Å². The van der Waals surface area contributed by atoms with E-state index >= 15 is 0 Å². The van der Waals surface area contributed by atoms with Crippen molar-refractivity contribution in [2.24, 2.45) is 0 Å². The second-order valence-corrected chi connectivity index (χ2v) is 5.65. The Morgan fingerprint density at radius 2 is 1.43 bits per heavy atom. The molecule has 3 rings (SSSR count). The van der Waals surface area contributed by atoms with E-state index in [0.717, 1.165) is 0 Å². The summed E-state index contributed by atoms with van der Waals surface area (Å²) in [5.41, 5.74) is -0.298. The minimum Gasteiger partial charge on any atom is -0.267 e. The molecule has 0 saturated carbocycles. The largest absolute Gasteiger partial charge is 0.279 e. The van der Waals surface area contributed by atoms with Crippen LogP contribution in [-0.2, 0) is 0 Å². The average molecular weight is 316 g/mol. The fraction of sp³-hybridized carbons (Fsp3) is 0. The minimum atomic E-state index is -0.298. The van der Waals surface area contributed by atoms with Crippen LogP contribution in [0.15, 0.2) is 68.0 Å². The lowest BCUT2D eigenvalue weighted by Gasteiger charge is -2.04. The molecule has 7 nitrogen and oxygen atoms in total. The summed E-state index contributed by atoms with van der Waals surface area (Å²) in [6.45, 7) is 0. The van der Waals surface area contributed by atoms with Crippen LogP contribution in [0.3, 0.4) is 0 Å². The van der Waals surface area contributed by atoms with Crippen LogP contribution in [0.25, 0.3) is 0 Å². The maximum Gasteiger partial charge on any atom is 0.279 e. The number of rotatable bonds is 4. The van der Waals surface area contributed by atoms with Gasteiger partial charge >= 0.3 is 0 Å².